The van der Waals surface area contributed by atoms with Gasteiger partial charge in [0.15, 0.2) is 0 Å². The second kappa shape index (κ2) is 6.55. The molecule has 0 aromatic carbocycles. The van der Waals surface area contributed by atoms with Crippen molar-refractivity contribution in [2.45, 2.75) is 44.3 Å². The Morgan fingerprint density at radius 1 is 1.33 bits per heavy atom. The summed E-state index contributed by atoms with van der Waals surface area (Å²) in [5, 5.41) is 0. The van der Waals surface area contributed by atoms with Crippen molar-refractivity contribution in [3.05, 3.63) is 21.3 Å². The molecule has 118 valence electrons. The Hall–Kier alpha value is -0.130. The molecule has 0 saturated carbocycles. The Morgan fingerprint density at radius 3 is 2.81 bits per heavy atom. The molecule has 0 aliphatic carbocycles. The average molecular weight is 328 g/mol. The first-order valence-electron chi connectivity index (χ1n) is 8.01. The first kappa shape index (κ1) is 15.8. The highest BCUT2D eigenvalue weighted by atomic mass is 35.5. The molecule has 0 bridgehead atoms. The molecule has 4 unspecified atom stereocenters. The number of likely N-dealkylation sites (tertiary alicyclic amines) is 2. The molecule has 4 atom stereocenters. The van der Waals surface area contributed by atoms with Crippen molar-refractivity contribution in [1.82, 2.24) is 9.80 Å². The van der Waals surface area contributed by atoms with Crippen molar-refractivity contribution in [2.75, 3.05) is 26.7 Å². The smallest absolute Gasteiger partial charge is 0.0931 e. The van der Waals surface area contributed by atoms with Crippen LogP contribution in [0.4, 0.5) is 0 Å². The van der Waals surface area contributed by atoms with Crippen LogP contribution in [0.1, 0.15) is 37.1 Å². The minimum atomic E-state index is 0.137. The van der Waals surface area contributed by atoms with E-state index in [0.717, 1.165) is 22.8 Å². The number of thiophene rings is 1. The third kappa shape index (κ3) is 3.30. The average Bonchev–Trinajstić information content (AvgIpc) is 2.85. The molecular formula is C16H26ClN3S. The van der Waals surface area contributed by atoms with E-state index in [0.29, 0.717) is 6.04 Å². The predicted molar refractivity (Wildman–Crippen MR) is 91.1 cm³/mol. The van der Waals surface area contributed by atoms with Gasteiger partial charge >= 0.3 is 0 Å². The predicted octanol–water partition coefficient (Wildman–Crippen LogP) is 3.21. The second-order valence-corrected chi connectivity index (χ2v) is 8.43. The third-order valence-electron chi connectivity index (χ3n) is 5.15. The third-order valence-corrected chi connectivity index (χ3v) is 6.46. The van der Waals surface area contributed by atoms with Crippen LogP contribution in [0.3, 0.4) is 0 Å². The maximum atomic E-state index is 6.32. The van der Waals surface area contributed by atoms with Crippen molar-refractivity contribution in [3.63, 3.8) is 0 Å². The van der Waals surface area contributed by atoms with Gasteiger partial charge in [0.2, 0.25) is 0 Å². The Balaban J connectivity index is 1.75. The van der Waals surface area contributed by atoms with Crippen LogP contribution in [0.5, 0.6) is 0 Å². The number of halogens is 1. The maximum absolute atomic E-state index is 6.32. The topological polar surface area (TPSA) is 32.5 Å². The van der Waals surface area contributed by atoms with Gasteiger partial charge < -0.3 is 10.6 Å². The number of hydrogen-bond acceptors (Lipinski definition) is 4. The van der Waals surface area contributed by atoms with Crippen LogP contribution < -0.4 is 5.73 Å². The summed E-state index contributed by atoms with van der Waals surface area (Å²) >= 11 is 7.81. The van der Waals surface area contributed by atoms with Gasteiger partial charge in [-0.3, -0.25) is 4.90 Å². The van der Waals surface area contributed by atoms with E-state index >= 15 is 0 Å². The van der Waals surface area contributed by atoms with Gasteiger partial charge in [0.25, 0.3) is 0 Å². The van der Waals surface area contributed by atoms with Crippen LogP contribution in [-0.4, -0.2) is 48.6 Å². The van der Waals surface area contributed by atoms with E-state index in [4.69, 9.17) is 17.3 Å². The lowest BCUT2D eigenvalue weighted by molar-refractivity contribution is 0.0161. The van der Waals surface area contributed by atoms with Gasteiger partial charge in [-0.25, -0.2) is 0 Å². The van der Waals surface area contributed by atoms with E-state index in [9.17, 15) is 0 Å². The quantitative estimate of drug-likeness (QED) is 0.925. The Bertz CT molecular complexity index is 476. The molecule has 5 heteroatoms. The Labute approximate surface area is 137 Å². The van der Waals surface area contributed by atoms with Gasteiger partial charge in [-0.1, -0.05) is 11.6 Å². The van der Waals surface area contributed by atoms with Gasteiger partial charge in [-0.05, 0) is 57.8 Å². The van der Waals surface area contributed by atoms with Crippen LogP contribution in [0, 0.1) is 5.92 Å². The van der Waals surface area contributed by atoms with Crippen LogP contribution >= 0.6 is 22.9 Å². The molecule has 0 amide bonds. The summed E-state index contributed by atoms with van der Waals surface area (Å²) in [5.41, 5.74) is 6.32. The van der Waals surface area contributed by atoms with E-state index in [-0.39, 0.29) is 6.04 Å². The highest BCUT2D eigenvalue weighted by Crippen LogP contribution is 2.37. The first-order chi connectivity index (χ1) is 10.1. The molecule has 2 aliphatic heterocycles. The van der Waals surface area contributed by atoms with Crippen LogP contribution in [0.25, 0.3) is 0 Å². The summed E-state index contributed by atoms with van der Waals surface area (Å²) in [6.45, 7) is 5.71. The minimum absolute atomic E-state index is 0.137. The number of nitrogens with two attached hydrogens (primary N) is 1. The molecule has 21 heavy (non-hydrogen) atoms. The van der Waals surface area contributed by atoms with Gasteiger partial charge in [0.05, 0.1) is 10.4 Å². The molecule has 2 N–H and O–H groups in total. The van der Waals surface area contributed by atoms with Crippen molar-refractivity contribution in [2.24, 2.45) is 11.7 Å². The fraction of sp³-hybridized carbons (Fsp3) is 0.750. The zero-order valence-electron chi connectivity index (χ0n) is 13.0. The first-order valence-corrected chi connectivity index (χ1v) is 9.21. The molecule has 3 heterocycles. The summed E-state index contributed by atoms with van der Waals surface area (Å²) in [6, 6.07) is 5.38. The van der Waals surface area contributed by atoms with Crippen molar-refractivity contribution in [3.8, 4) is 0 Å². The fourth-order valence-corrected chi connectivity index (χ4v) is 5.50. The van der Waals surface area contributed by atoms with Gasteiger partial charge in [-0.2, -0.15) is 0 Å². The zero-order chi connectivity index (χ0) is 15.0. The number of rotatable bonds is 3. The molecular weight excluding hydrogens is 302 g/mol. The molecule has 0 radical (unpaired) electrons. The molecule has 0 spiro atoms. The number of piperidine rings is 2. The molecule has 2 aliphatic rings. The van der Waals surface area contributed by atoms with E-state index in [1.54, 1.807) is 11.3 Å². The van der Waals surface area contributed by atoms with Crippen molar-refractivity contribution >= 4 is 22.9 Å². The van der Waals surface area contributed by atoms with E-state index < -0.39 is 0 Å². The fourth-order valence-electron chi connectivity index (χ4n) is 4.19. The number of nitrogens with zero attached hydrogens (tertiary/aromatic N) is 2. The lowest BCUT2D eigenvalue weighted by Crippen LogP contribution is -2.54. The molecule has 3 rings (SSSR count). The summed E-state index contributed by atoms with van der Waals surface area (Å²) in [4.78, 5) is 6.49. The van der Waals surface area contributed by atoms with Gasteiger partial charge in [0, 0.05) is 30.1 Å². The number of hydrogen-bond donors (Lipinski definition) is 1. The summed E-state index contributed by atoms with van der Waals surface area (Å²) in [6.07, 6.45) is 3.96. The summed E-state index contributed by atoms with van der Waals surface area (Å²) in [7, 11) is 2.29. The highest BCUT2D eigenvalue weighted by Gasteiger charge is 2.37. The molecule has 2 fully saturated rings. The van der Waals surface area contributed by atoms with E-state index in [1.165, 1.54) is 37.2 Å². The van der Waals surface area contributed by atoms with Crippen molar-refractivity contribution < 1.29 is 0 Å². The van der Waals surface area contributed by atoms with Crippen LogP contribution in [0.2, 0.25) is 4.34 Å². The summed E-state index contributed by atoms with van der Waals surface area (Å²) < 4.78 is 0.864. The van der Waals surface area contributed by atoms with Crippen LogP contribution in [-0.2, 0) is 0 Å². The maximum Gasteiger partial charge on any atom is 0.0931 e. The van der Waals surface area contributed by atoms with Gasteiger partial charge in [0.1, 0.15) is 0 Å². The van der Waals surface area contributed by atoms with Crippen LogP contribution in [0.15, 0.2) is 12.1 Å². The highest BCUT2D eigenvalue weighted by molar-refractivity contribution is 7.16. The SMILES string of the molecule is CC(N)C(c1ccc(Cl)s1)N1CCC2C(CCCN2C)C1. The standard InChI is InChI=1S/C16H26ClN3S/c1-11(18)16(14-5-6-15(17)21-14)20-9-7-13-12(10-20)4-3-8-19(13)2/h5-6,11-13,16H,3-4,7-10,18H2,1-2H3. The molecule has 1 aromatic rings. The molecule has 1 aromatic heterocycles. The second-order valence-electron chi connectivity index (χ2n) is 6.68. The van der Waals surface area contributed by atoms with E-state index in [2.05, 4.69) is 29.8 Å². The number of fused-ring (bicyclic) bond motifs is 1. The zero-order valence-corrected chi connectivity index (χ0v) is 14.5. The lowest BCUT2D eigenvalue weighted by Gasteiger charge is -2.48. The lowest BCUT2D eigenvalue weighted by atomic mass is 9.83. The van der Waals surface area contributed by atoms with E-state index in [1.807, 2.05) is 6.07 Å². The Kier molecular flexibility index (Phi) is 4.91. The normalized spacial score (nSPS) is 30.9. The van der Waals surface area contributed by atoms with Gasteiger partial charge in [-0.15, -0.1) is 11.3 Å². The monoisotopic (exact) mass is 327 g/mol. The largest absolute Gasteiger partial charge is 0.326 e. The molecule has 3 nitrogen and oxygen atoms in total. The Morgan fingerprint density at radius 2 is 2.14 bits per heavy atom. The summed E-state index contributed by atoms with van der Waals surface area (Å²) in [5.74, 6) is 0.800. The van der Waals surface area contributed by atoms with Crippen molar-refractivity contribution in [1.29, 1.82) is 0 Å². The molecule has 2 saturated heterocycles. The minimum Gasteiger partial charge on any atom is -0.326 e.